The van der Waals surface area contributed by atoms with Crippen LogP contribution < -0.4 is 5.32 Å². The molecule has 3 heterocycles. The Bertz CT molecular complexity index is 824. The maximum Gasteiger partial charge on any atom is 0.236 e. The van der Waals surface area contributed by atoms with Gasteiger partial charge in [0.05, 0.1) is 34.0 Å². The molecule has 1 amide bonds. The van der Waals surface area contributed by atoms with Gasteiger partial charge < -0.3 is 9.73 Å². The van der Waals surface area contributed by atoms with Gasteiger partial charge >= 0.3 is 0 Å². The summed E-state index contributed by atoms with van der Waals surface area (Å²) in [5.41, 5.74) is -0.111. The highest BCUT2D eigenvalue weighted by Gasteiger charge is 2.39. The smallest absolute Gasteiger partial charge is 0.236 e. The fraction of sp³-hybridized carbons (Fsp3) is 0.467. The van der Waals surface area contributed by atoms with Crippen LogP contribution in [-0.2, 0) is 21.1 Å². The first-order valence-electron chi connectivity index (χ1n) is 7.28. The maximum absolute atomic E-state index is 12.2. The monoisotopic (exact) mass is 354 g/mol. The molecular formula is C15H18N2O4S2. The Morgan fingerprint density at radius 2 is 2.30 bits per heavy atom. The summed E-state index contributed by atoms with van der Waals surface area (Å²) in [6.07, 6.45) is 0.523. The van der Waals surface area contributed by atoms with Gasteiger partial charge in [-0.2, -0.15) is 0 Å². The number of nitrogens with zero attached hydrogens (tertiary/aromatic N) is 1. The third-order valence-corrected chi connectivity index (χ3v) is 6.66. The van der Waals surface area contributed by atoms with Crippen LogP contribution in [0.3, 0.4) is 0 Å². The van der Waals surface area contributed by atoms with Crippen molar-refractivity contribution in [1.29, 1.82) is 0 Å². The fourth-order valence-electron chi connectivity index (χ4n) is 2.74. The summed E-state index contributed by atoms with van der Waals surface area (Å²) in [6, 6.07) is 3.82. The Morgan fingerprint density at radius 3 is 2.91 bits per heavy atom. The SMILES string of the molecule is Cc1oc(-c2cccs2)nc1CC(=O)NC1(C)CCS(=O)(=O)C1. The zero-order valence-electron chi connectivity index (χ0n) is 13.0. The van der Waals surface area contributed by atoms with Crippen LogP contribution in [0.15, 0.2) is 21.9 Å². The van der Waals surface area contributed by atoms with E-state index in [0.717, 1.165) is 4.88 Å². The van der Waals surface area contributed by atoms with E-state index in [0.29, 0.717) is 23.8 Å². The molecule has 0 aromatic carbocycles. The van der Waals surface area contributed by atoms with Crippen molar-refractivity contribution in [3.8, 4) is 10.8 Å². The molecule has 6 nitrogen and oxygen atoms in total. The zero-order valence-corrected chi connectivity index (χ0v) is 14.6. The highest BCUT2D eigenvalue weighted by molar-refractivity contribution is 7.91. The van der Waals surface area contributed by atoms with Gasteiger partial charge in [0.1, 0.15) is 5.76 Å². The van der Waals surface area contributed by atoms with Crippen LogP contribution in [0.1, 0.15) is 24.8 Å². The average Bonchev–Trinajstić information content (AvgIpc) is 3.11. The molecule has 1 atom stereocenters. The molecule has 0 radical (unpaired) electrons. The molecule has 0 spiro atoms. The topological polar surface area (TPSA) is 89.3 Å². The Balaban J connectivity index is 1.69. The maximum atomic E-state index is 12.2. The van der Waals surface area contributed by atoms with Gasteiger partial charge in [0.2, 0.25) is 11.8 Å². The van der Waals surface area contributed by atoms with Crippen molar-refractivity contribution in [2.45, 2.75) is 32.2 Å². The van der Waals surface area contributed by atoms with E-state index in [-0.39, 0.29) is 23.8 Å². The van der Waals surface area contributed by atoms with E-state index in [1.807, 2.05) is 17.5 Å². The van der Waals surface area contributed by atoms with E-state index >= 15 is 0 Å². The quantitative estimate of drug-likeness (QED) is 0.906. The number of hydrogen-bond acceptors (Lipinski definition) is 6. The molecule has 23 heavy (non-hydrogen) atoms. The molecule has 1 fully saturated rings. The number of carbonyl (C=O) groups excluding carboxylic acids is 1. The Labute approximate surface area is 138 Å². The predicted molar refractivity (Wildman–Crippen MR) is 88.1 cm³/mol. The highest BCUT2D eigenvalue weighted by atomic mass is 32.2. The first-order chi connectivity index (χ1) is 10.8. The highest BCUT2D eigenvalue weighted by Crippen LogP contribution is 2.26. The van der Waals surface area contributed by atoms with Crippen molar-refractivity contribution < 1.29 is 17.6 Å². The summed E-state index contributed by atoms with van der Waals surface area (Å²) in [5.74, 6) is 0.987. The van der Waals surface area contributed by atoms with Crippen molar-refractivity contribution in [1.82, 2.24) is 10.3 Å². The fourth-order valence-corrected chi connectivity index (χ4v) is 5.48. The van der Waals surface area contributed by atoms with Crippen molar-refractivity contribution in [2.24, 2.45) is 0 Å². The van der Waals surface area contributed by atoms with E-state index in [2.05, 4.69) is 10.3 Å². The molecule has 124 valence electrons. The molecule has 1 unspecified atom stereocenters. The Kier molecular flexibility index (Phi) is 4.05. The number of thiophene rings is 1. The molecule has 2 aromatic rings. The number of aromatic nitrogens is 1. The van der Waals surface area contributed by atoms with Gasteiger partial charge in [-0.25, -0.2) is 13.4 Å². The molecule has 1 aliphatic heterocycles. The van der Waals surface area contributed by atoms with Gasteiger partial charge in [0.25, 0.3) is 0 Å². The van der Waals surface area contributed by atoms with E-state index in [1.165, 1.54) is 11.3 Å². The van der Waals surface area contributed by atoms with Crippen LogP contribution in [0.5, 0.6) is 0 Å². The minimum Gasteiger partial charge on any atom is -0.440 e. The summed E-state index contributed by atoms with van der Waals surface area (Å²) in [4.78, 5) is 17.5. The Hall–Kier alpha value is -1.67. The van der Waals surface area contributed by atoms with E-state index in [1.54, 1.807) is 13.8 Å². The van der Waals surface area contributed by atoms with Gasteiger partial charge in [-0.1, -0.05) is 6.07 Å². The number of aryl methyl sites for hydroxylation is 1. The lowest BCUT2D eigenvalue weighted by Gasteiger charge is -2.23. The number of oxazole rings is 1. The molecule has 0 aliphatic carbocycles. The number of amides is 1. The van der Waals surface area contributed by atoms with Crippen molar-refractivity contribution in [2.75, 3.05) is 11.5 Å². The molecule has 8 heteroatoms. The molecule has 0 saturated carbocycles. The minimum atomic E-state index is -3.05. The predicted octanol–water partition coefficient (Wildman–Crippen LogP) is 1.95. The second-order valence-corrected chi connectivity index (χ2v) is 9.26. The van der Waals surface area contributed by atoms with Crippen molar-refractivity contribution in [3.63, 3.8) is 0 Å². The Morgan fingerprint density at radius 1 is 1.52 bits per heavy atom. The van der Waals surface area contributed by atoms with Crippen LogP contribution in [-0.4, -0.2) is 36.4 Å². The lowest BCUT2D eigenvalue weighted by molar-refractivity contribution is -0.122. The number of carbonyl (C=O) groups is 1. The second-order valence-electron chi connectivity index (χ2n) is 6.13. The third kappa shape index (κ3) is 3.64. The van der Waals surface area contributed by atoms with Crippen LogP contribution >= 0.6 is 11.3 Å². The van der Waals surface area contributed by atoms with Gasteiger partial charge in [-0.05, 0) is 31.7 Å². The van der Waals surface area contributed by atoms with Crippen molar-refractivity contribution in [3.05, 3.63) is 29.0 Å². The van der Waals surface area contributed by atoms with Gasteiger partial charge in [0, 0.05) is 0 Å². The average molecular weight is 354 g/mol. The molecule has 1 N–H and O–H groups in total. The zero-order chi connectivity index (χ0) is 16.7. The molecule has 1 saturated heterocycles. The van der Waals surface area contributed by atoms with Gasteiger partial charge in [-0.15, -0.1) is 11.3 Å². The normalized spacial score (nSPS) is 23.0. The first kappa shape index (κ1) is 16.2. The van der Waals surface area contributed by atoms with Crippen LogP contribution in [0, 0.1) is 6.92 Å². The lowest BCUT2D eigenvalue weighted by Crippen LogP contribution is -2.47. The van der Waals surface area contributed by atoms with Crippen LogP contribution in [0.2, 0.25) is 0 Å². The first-order valence-corrected chi connectivity index (χ1v) is 9.98. The molecule has 1 aliphatic rings. The third-order valence-electron chi connectivity index (χ3n) is 3.90. The second kappa shape index (κ2) is 5.76. The number of rotatable bonds is 4. The summed E-state index contributed by atoms with van der Waals surface area (Å²) in [6.45, 7) is 3.54. The van der Waals surface area contributed by atoms with Crippen LogP contribution in [0.25, 0.3) is 10.8 Å². The lowest BCUT2D eigenvalue weighted by atomic mass is 10.0. The summed E-state index contributed by atoms with van der Waals surface area (Å²) in [7, 11) is -3.05. The summed E-state index contributed by atoms with van der Waals surface area (Å²) in [5, 5.41) is 4.77. The van der Waals surface area contributed by atoms with E-state index < -0.39 is 15.4 Å². The molecule has 2 aromatic heterocycles. The molecular weight excluding hydrogens is 336 g/mol. The molecule has 0 bridgehead atoms. The van der Waals surface area contributed by atoms with Crippen molar-refractivity contribution >= 4 is 27.1 Å². The summed E-state index contributed by atoms with van der Waals surface area (Å²) < 4.78 is 28.8. The van der Waals surface area contributed by atoms with Crippen LogP contribution in [0.4, 0.5) is 0 Å². The number of hydrogen-bond donors (Lipinski definition) is 1. The molecule has 3 rings (SSSR count). The number of nitrogens with one attached hydrogen (secondary N) is 1. The minimum absolute atomic E-state index is 0.00994. The van der Waals surface area contributed by atoms with Gasteiger partial charge in [-0.3, -0.25) is 4.79 Å². The number of sulfone groups is 1. The summed E-state index contributed by atoms with van der Waals surface area (Å²) >= 11 is 1.52. The van der Waals surface area contributed by atoms with Gasteiger partial charge in [0.15, 0.2) is 9.84 Å². The standard InChI is InChI=1S/C15H18N2O4S2/c1-10-11(16-14(21-10)12-4-3-6-22-12)8-13(18)17-15(2)5-7-23(19,20)9-15/h3-4,6H,5,7-9H2,1-2H3,(H,17,18). The largest absolute Gasteiger partial charge is 0.440 e. The van der Waals surface area contributed by atoms with E-state index in [4.69, 9.17) is 4.42 Å². The van der Waals surface area contributed by atoms with E-state index in [9.17, 15) is 13.2 Å².